The lowest BCUT2D eigenvalue weighted by atomic mass is 9.97. The van der Waals surface area contributed by atoms with E-state index in [0.29, 0.717) is 11.3 Å². The minimum absolute atomic E-state index is 0.109. The second kappa shape index (κ2) is 7.75. The van der Waals surface area contributed by atoms with Gasteiger partial charge in [0.25, 0.3) is 5.69 Å². The summed E-state index contributed by atoms with van der Waals surface area (Å²) in [7, 11) is 3.39. The second-order valence-corrected chi connectivity index (χ2v) is 6.77. The highest BCUT2D eigenvalue weighted by molar-refractivity contribution is 5.90. The van der Waals surface area contributed by atoms with Crippen molar-refractivity contribution in [2.24, 2.45) is 0 Å². The molecule has 7 nitrogen and oxygen atoms in total. The minimum atomic E-state index is -0.408. The molecular weight excluding hydrogens is 346 g/mol. The van der Waals surface area contributed by atoms with Crippen LogP contribution in [-0.4, -0.2) is 56.1 Å². The Morgan fingerprint density at radius 1 is 1.11 bits per heavy atom. The number of nitro benzene ring substituents is 1. The van der Waals surface area contributed by atoms with Gasteiger partial charge in [-0.3, -0.25) is 10.1 Å². The molecule has 0 radical (unpaired) electrons. The lowest BCUT2D eigenvalue weighted by Crippen LogP contribution is -2.44. The molecule has 27 heavy (non-hydrogen) atoms. The summed E-state index contributed by atoms with van der Waals surface area (Å²) in [6.07, 6.45) is 0. The highest BCUT2D eigenvalue weighted by atomic mass is 16.6. The number of ether oxygens (including phenoxy) is 1. The van der Waals surface area contributed by atoms with Crippen molar-refractivity contribution >= 4 is 17.3 Å². The van der Waals surface area contributed by atoms with Gasteiger partial charge in [-0.25, -0.2) is 4.79 Å². The Balaban J connectivity index is 1.99. The third-order valence-electron chi connectivity index (χ3n) is 4.98. The third kappa shape index (κ3) is 3.93. The molecule has 0 spiro atoms. The normalized spacial score (nSPS) is 14.9. The molecule has 0 amide bonds. The highest BCUT2D eigenvalue weighted by Gasteiger charge is 2.24. The number of nitrogens with zero attached hydrogens (tertiary/aromatic N) is 3. The number of anilines is 1. The summed E-state index contributed by atoms with van der Waals surface area (Å²) >= 11 is 0. The monoisotopic (exact) mass is 369 g/mol. The van der Waals surface area contributed by atoms with E-state index in [9.17, 15) is 14.9 Å². The molecule has 0 atom stereocenters. The Labute approximate surface area is 158 Å². The van der Waals surface area contributed by atoms with Gasteiger partial charge in [-0.15, -0.1) is 0 Å². The molecular formula is C20H23N3O4. The van der Waals surface area contributed by atoms with Gasteiger partial charge in [-0.1, -0.05) is 12.1 Å². The predicted octanol–water partition coefficient (Wildman–Crippen LogP) is 3.11. The SMILES string of the molecule is COC(=O)c1ccc(-c2cc([N+](=O)[O-])c(N3CCN(C)CC3)cc2C)cc1. The average molecular weight is 369 g/mol. The van der Waals surface area contributed by atoms with Crippen molar-refractivity contribution in [1.29, 1.82) is 0 Å². The van der Waals surface area contributed by atoms with E-state index in [-0.39, 0.29) is 10.6 Å². The van der Waals surface area contributed by atoms with Crippen molar-refractivity contribution in [2.45, 2.75) is 6.92 Å². The van der Waals surface area contributed by atoms with E-state index >= 15 is 0 Å². The van der Waals surface area contributed by atoms with Crippen LogP contribution in [0.25, 0.3) is 11.1 Å². The Hall–Kier alpha value is -2.93. The van der Waals surface area contributed by atoms with Gasteiger partial charge in [-0.2, -0.15) is 0 Å². The standard InChI is InChI=1S/C20H23N3O4/c1-14-12-18(22-10-8-21(2)9-11-22)19(23(25)26)13-17(14)15-4-6-16(7-5-15)20(24)27-3/h4-7,12-13H,8-11H2,1-3H3. The topological polar surface area (TPSA) is 75.9 Å². The largest absolute Gasteiger partial charge is 0.465 e. The van der Waals surface area contributed by atoms with E-state index in [2.05, 4.69) is 16.8 Å². The van der Waals surface area contributed by atoms with Crippen molar-refractivity contribution < 1.29 is 14.5 Å². The molecule has 0 N–H and O–H groups in total. The molecule has 142 valence electrons. The first-order valence-electron chi connectivity index (χ1n) is 8.82. The fourth-order valence-electron chi connectivity index (χ4n) is 3.34. The molecule has 0 unspecified atom stereocenters. The quantitative estimate of drug-likeness (QED) is 0.468. The molecule has 1 heterocycles. The van der Waals surface area contributed by atoms with E-state index in [4.69, 9.17) is 4.74 Å². The summed E-state index contributed by atoms with van der Waals surface area (Å²) in [5.74, 6) is -0.408. The second-order valence-electron chi connectivity index (χ2n) is 6.77. The van der Waals surface area contributed by atoms with Gasteiger partial charge in [0.15, 0.2) is 0 Å². The van der Waals surface area contributed by atoms with Crippen LogP contribution < -0.4 is 4.90 Å². The number of piperazine rings is 1. The van der Waals surface area contributed by atoms with Crippen LogP contribution in [-0.2, 0) is 4.74 Å². The van der Waals surface area contributed by atoms with E-state index in [1.807, 2.05) is 13.0 Å². The van der Waals surface area contributed by atoms with Crippen LogP contribution in [0.2, 0.25) is 0 Å². The van der Waals surface area contributed by atoms with Gasteiger partial charge in [0.1, 0.15) is 5.69 Å². The van der Waals surface area contributed by atoms with Crippen LogP contribution in [0.15, 0.2) is 36.4 Å². The summed E-state index contributed by atoms with van der Waals surface area (Å²) in [5.41, 5.74) is 3.80. The minimum Gasteiger partial charge on any atom is -0.465 e. The van der Waals surface area contributed by atoms with Crippen LogP contribution in [0.4, 0.5) is 11.4 Å². The number of rotatable bonds is 4. The number of nitro groups is 1. The number of esters is 1. The number of hydrogen-bond donors (Lipinski definition) is 0. The molecule has 7 heteroatoms. The van der Waals surface area contributed by atoms with Crippen molar-refractivity contribution in [2.75, 3.05) is 45.2 Å². The zero-order valence-electron chi connectivity index (χ0n) is 15.8. The zero-order valence-corrected chi connectivity index (χ0v) is 15.8. The van der Waals surface area contributed by atoms with Gasteiger partial charge in [0.05, 0.1) is 17.6 Å². The molecule has 2 aromatic rings. The van der Waals surface area contributed by atoms with Crippen molar-refractivity contribution in [3.05, 3.63) is 57.6 Å². The summed E-state index contributed by atoms with van der Waals surface area (Å²) in [5, 5.41) is 11.7. The van der Waals surface area contributed by atoms with Crippen LogP contribution in [0.5, 0.6) is 0 Å². The first-order chi connectivity index (χ1) is 12.9. The first kappa shape index (κ1) is 18.8. The Bertz CT molecular complexity index is 856. The van der Waals surface area contributed by atoms with Crippen molar-refractivity contribution in [3.63, 3.8) is 0 Å². The Morgan fingerprint density at radius 2 is 1.74 bits per heavy atom. The van der Waals surface area contributed by atoms with E-state index in [1.54, 1.807) is 30.3 Å². The summed E-state index contributed by atoms with van der Waals surface area (Å²) in [6.45, 7) is 5.25. The van der Waals surface area contributed by atoms with Crippen LogP contribution >= 0.6 is 0 Å². The van der Waals surface area contributed by atoms with Crippen LogP contribution in [0, 0.1) is 17.0 Å². The van der Waals surface area contributed by atoms with Gasteiger partial charge >= 0.3 is 5.97 Å². The molecule has 0 saturated carbocycles. The van der Waals surface area contributed by atoms with Gasteiger partial charge in [-0.05, 0) is 48.9 Å². The predicted molar refractivity (Wildman–Crippen MR) is 104 cm³/mol. The van der Waals surface area contributed by atoms with E-state index in [0.717, 1.165) is 42.9 Å². The molecule has 3 rings (SSSR count). The molecule has 0 bridgehead atoms. The van der Waals surface area contributed by atoms with Crippen LogP contribution in [0.1, 0.15) is 15.9 Å². The highest BCUT2D eigenvalue weighted by Crippen LogP contribution is 2.36. The van der Waals surface area contributed by atoms with Crippen LogP contribution in [0.3, 0.4) is 0 Å². The average Bonchev–Trinajstić information content (AvgIpc) is 2.67. The fourth-order valence-corrected chi connectivity index (χ4v) is 3.34. The van der Waals surface area contributed by atoms with Crippen molar-refractivity contribution in [1.82, 2.24) is 4.90 Å². The number of benzene rings is 2. The smallest absolute Gasteiger partial charge is 0.337 e. The molecule has 1 aliphatic heterocycles. The van der Waals surface area contributed by atoms with E-state index in [1.165, 1.54) is 7.11 Å². The van der Waals surface area contributed by atoms with Crippen molar-refractivity contribution in [3.8, 4) is 11.1 Å². The van der Waals surface area contributed by atoms with Gasteiger partial charge in [0, 0.05) is 32.2 Å². The number of aryl methyl sites for hydroxylation is 1. The number of likely N-dealkylation sites (N-methyl/N-ethyl adjacent to an activating group) is 1. The molecule has 1 aliphatic rings. The fraction of sp³-hybridized carbons (Fsp3) is 0.350. The third-order valence-corrected chi connectivity index (χ3v) is 4.98. The zero-order chi connectivity index (χ0) is 19.6. The molecule has 0 aromatic heterocycles. The molecule has 2 aromatic carbocycles. The maximum atomic E-state index is 11.7. The lowest BCUT2D eigenvalue weighted by molar-refractivity contribution is -0.384. The maximum Gasteiger partial charge on any atom is 0.337 e. The van der Waals surface area contributed by atoms with Gasteiger partial charge < -0.3 is 14.5 Å². The number of methoxy groups -OCH3 is 1. The Morgan fingerprint density at radius 3 is 2.30 bits per heavy atom. The molecule has 1 fully saturated rings. The maximum absolute atomic E-state index is 11.7. The summed E-state index contributed by atoms with van der Waals surface area (Å²) < 4.78 is 4.71. The summed E-state index contributed by atoms with van der Waals surface area (Å²) in [4.78, 5) is 27.3. The summed E-state index contributed by atoms with van der Waals surface area (Å²) in [6, 6.07) is 10.4. The van der Waals surface area contributed by atoms with E-state index < -0.39 is 5.97 Å². The number of carbonyl (C=O) groups is 1. The number of carbonyl (C=O) groups excluding carboxylic acids is 1. The lowest BCUT2D eigenvalue weighted by Gasteiger charge is -2.34. The first-order valence-corrected chi connectivity index (χ1v) is 8.82. The van der Waals surface area contributed by atoms with Gasteiger partial charge in [0.2, 0.25) is 0 Å². The Kier molecular flexibility index (Phi) is 5.41. The molecule has 1 saturated heterocycles. The number of hydrogen-bond acceptors (Lipinski definition) is 6. The molecule has 0 aliphatic carbocycles.